The molecular formula is C28H24N6O2. The van der Waals surface area contributed by atoms with E-state index in [1.165, 1.54) is 0 Å². The summed E-state index contributed by atoms with van der Waals surface area (Å²) in [7, 11) is 1.63. The number of aryl methyl sites for hydroxylation is 1. The number of nitrogens with one attached hydrogen (secondary N) is 2. The maximum absolute atomic E-state index is 13.2. The quantitative estimate of drug-likeness (QED) is 0.396. The van der Waals surface area contributed by atoms with Gasteiger partial charge in [0, 0.05) is 28.4 Å². The Morgan fingerprint density at radius 3 is 2.67 bits per heavy atom. The molecule has 0 saturated heterocycles. The predicted octanol–water partition coefficient (Wildman–Crippen LogP) is 4.27. The number of hydrogen-bond donors (Lipinski definition) is 2. The predicted molar refractivity (Wildman–Crippen MR) is 138 cm³/mol. The zero-order valence-electron chi connectivity index (χ0n) is 19.9. The number of nitrogens with zero attached hydrogens (tertiary/aromatic N) is 4. The van der Waals surface area contributed by atoms with Gasteiger partial charge in [-0.25, -0.2) is 0 Å². The van der Waals surface area contributed by atoms with Crippen molar-refractivity contribution < 1.29 is 9.53 Å². The van der Waals surface area contributed by atoms with Crippen molar-refractivity contribution in [3.63, 3.8) is 0 Å². The number of methoxy groups -OCH3 is 1. The first-order valence-corrected chi connectivity index (χ1v) is 11.7. The Morgan fingerprint density at radius 1 is 1.03 bits per heavy atom. The number of amides is 1. The highest BCUT2D eigenvalue weighted by Gasteiger charge is 2.29. The Bertz CT molecular complexity index is 1620. The first kappa shape index (κ1) is 21.8. The molecule has 2 aromatic heterocycles. The van der Waals surface area contributed by atoms with E-state index in [4.69, 9.17) is 9.73 Å². The van der Waals surface area contributed by atoms with Gasteiger partial charge in [-0.2, -0.15) is 0 Å². The van der Waals surface area contributed by atoms with Gasteiger partial charge in [-0.3, -0.25) is 14.4 Å². The Hall–Kier alpha value is -4.72. The van der Waals surface area contributed by atoms with E-state index < -0.39 is 6.17 Å². The van der Waals surface area contributed by atoms with Crippen molar-refractivity contribution in [3.8, 4) is 11.4 Å². The number of carbonyl (C=O) groups is 1. The van der Waals surface area contributed by atoms with Gasteiger partial charge in [0.2, 0.25) is 5.91 Å². The largest absolute Gasteiger partial charge is 0.497 e. The summed E-state index contributed by atoms with van der Waals surface area (Å²) in [5.41, 5.74) is 5.36. The van der Waals surface area contributed by atoms with Crippen molar-refractivity contribution in [2.24, 2.45) is 4.99 Å². The Labute approximate surface area is 207 Å². The van der Waals surface area contributed by atoms with Crippen LogP contribution in [-0.4, -0.2) is 38.5 Å². The number of aliphatic imine (C=N–C) groups is 1. The average Bonchev–Trinajstić information content (AvgIpc) is 3.45. The molecule has 5 aromatic rings. The lowest BCUT2D eigenvalue weighted by Crippen LogP contribution is -2.30. The first-order chi connectivity index (χ1) is 17.6. The highest BCUT2D eigenvalue weighted by molar-refractivity contribution is 6.15. The maximum Gasteiger partial charge on any atom is 0.227 e. The van der Waals surface area contributed by atoms with Crippen molar-refractivity contribution in [2.45, 2.75) is 19.5 Å². The van der Waals surface area contributed by atoms with Crippen molar-refractivity contribution in [2.75, 3.05) is 7.11 Å². The van der Waals surface area contributed by atoms with Crippen LogP contribution in [0.1, 0.15) is 34.6 Å². The fourth-order valence-electron chi connectivity index (χ4n) is 4.67. The van der Waals surface area contributed by atoms with Gasteiger partial charge < -0.3 is 15.0 Å². The molecule has 0 fully saturated rings. The summed E-state index contributed by atoms with van der Waals surface area (Å²) >= 11 is 0. The van der Waals surface area contributed by atoms with Crippen LogP contribution in [0.5, 0.6) is 5.75 Å². The molecule has 3 aromatic carbocycles. The molecule has 0 aliphatic carbocycles. The molecule has 178 valence electrons. The first-order valence-electron chi connectivity index (χ1n) is 11.7. The minimum Gasteiger partial charge on any atom is -0.497 e. The monoisotopic (exact) mass is 476 g/mol. The number of hydrogen-bond acceptors (Lipinski definition) is 5. The van der Waals surface area contributed by atoms with Gasteiger partial charge in [-0.05, 0) is 36.6 Å². The van der Waals surface area contributed by atoms with Crippen molar-refractivity contribution in [3.05, 3.63) is 107 Å². The molecule has 6 rings (SSSR count). The van der Waals surface area contributed by atoms with E-state index in [0.717, 1.165) is 50.7 Å². The Balaban J connectivity index is 1.37. The van der Waals surface area contributed by atoms with E-state index >= 15 is 0 Å². The number of H-pyrrole nitrogens is 1. The lowest BCUT2D eigenvalue weighted by molar-refractivity contribution is -0.121. The zero-order chi connectivity index (χ0) is 24.6. The Kier molecular flexibility index (Phi) is 5.33. The van der Waals surface area contributed by atoms with Crippen LogP contribution in [0, 0.1) is 6.92 Å². The van der Waals surface area contributed by atoms with Crippen LogP contribution in [0.25, 0.3) is 16.6 Å². The van der Waals surface area contributed by atoms with Crippen LogP contribution in [-0.2, 0) is 11.2 Å². The van der Waals surface area contributed by atoms with E-state index in [1.54, 1.807) is 7.11 Å². The van der Waals surface area contributed by atoms with Gasteiger partial charge in [-0.1, -0.05) is 48.5 Å². The third-order valence-corrected chi connectivity index (χ3v) is 6.33. The molecular weight excluding hydrogens is 452 g/mol. The second kappa shape index (κ2) is 8.81. The van der Waals surface area contributed by atoms with E-state index in [-0.39, 0.29) is 12.3 Å². The number of aromatic nitrogens is 4. The molecule has 0 radical (unpaired) electrons. The zero-order valence-corrected chi connectivity index (χ0v) is 19.9. The van der Waals surface area contributed by atoms with Gasteiger partial charge >= 0.3 is 0 Å². The number of benzene rings is 3. The average molecular weight is 477 g/mol. The minimum atomic E-state index is -0.703. The smallest absolute Gasteiger partial charge is 0.227 e. The summed E-state index contributed by atoms with van der Waals surface area (Å²) < 4.78 is 7.27. The molecule has 1 atom stereocenters. The molecule has 2 N–H and O–H groups in total. The van der Waals surface area contributed by atoms with Gasteiger partial charge in [0.15, 0.2) is 12.0 Å². The topological polar surface area (TPSA) is 97.2 Å². The number of fused-ring (bicyclic) bond motifs is 4. The molecule has 1 amide bonds. The fraction of sp³-hybridized carbons (Fsp3) is 0.143. The van der Waals surface area contributed by atoms with E-state index in [9.17, 15) is 4.79 Å². The molecule has 0 saturated carbocycles. The number of aromatic amines is 1. The van der Waals surface area contributed by atoms with Crippen LogP contribution in [0.4, 0.5) is 0 Å². The molecule has 1 unspecified atom stereocenters. The standard InChI is InChI=1S/C28H24N6O2/c1-17-32-33-28-27(30-25(35)15-20-14-19-12-13-21(36-2)16-23(19)29-20)31-26(18-8-4-3-5-9-18)22-10-6-7-11-24(22)34(17)28/h3-14,16,27,29H,15H2,1-2H3,(H,30,35). The van der Waals surface area contributed by atoms with Crippen LogP contribution >= 0.6 is 0 Å². The molecule has 36 heavy (non-hydrogen) atoms. The molecule has 1 aliphatic heterocycles. The van der Waals surface area contributed by atoms with Crippen LogP contribution in [0.15, 0.2) is 83.9 Å². The summed E-state index contributed by atoms with van der Waals surface area (Å²) in [5, 5.41) is 12.8. The minimum absolute atomic E-state index is 0.170. The van der Waals surface area contributed by atoms with Gasteiger partial charge in [-0.15, -0.1) is 10.2 Å². The molecule has 0 spiro atoms. The number of ether oxygens (including phenoxy) is 1. The second-order valence-electron chi connectivity index (χ2n) is 8.70. The highest BCUT2D eigenvalue weighted by atomic mass is 16.5. The second-order valence-corrected chi connectivity index (χ2v) is 8.70. The number of para-hydroxylation sites is 1. The Morgan fingerprint density at radius 2 is 1.83 bits per heavy atom. The third kappa shape index (κ3) is 3.82. The van der Waals surface area contributed by atoms with Crippen LogP contribution in [0.3, 0.4) is 0 Å². The summed E-state index contributed by atoms with van der Waals surface area (Å²) in [6.07, 6.45) is -0.533. The lowest BCUT2D eigenvalue weighted by Gasteiger charge is -2.14. The van der Waals surface area contributed by atoms with E-state index in [0.29, 0.717) is 5.82 Å². The lowest BCUT2D eigenvalue weighted by atomic mass is 10.0. The number of carbonyl (C=O) groups excluding carboxylic acids is 1. The summed E-state index contributed by atoms with van der Waals surface area (Å²) in [4.78, 5) is 21.6. The summed E-state index contributed by atoms with van der Waals surface area (Å²) in [6.45, 7) is 1.90. The van der Waals surface area contributed by atoms with Crippen molar-refractivity contribution in [1.82, 2.24) is 25.1 Å². The van der Waals surface area contributed by atoms with Gasteiger partial charge in [0.1, 0.15) is 11.6 Å². The van der Waals surface area contributed by atoms with Gasteiger partial charge in [0.25, 0.3) is 0 Å². The van der Waals surface area contributed by atoms with Crippen molar-refractivity contribution >= 4 is 22.5 Å². The van der Waals surface area contributed by atoms with E-state index in [1.807, 2.05) is 90.4 Å². The summed E-state index contributed by atoms with van der Waals surface area (Å²) in [5.74, 6) is 1.88. The number of rotatable bonds is 5. The normalized spacial score (nSPS) is 14.5. The third-order valence-electron chi connectivity index (χ3n) is 6.33. The molecule has 8 heteroatoms. The van der Waals surface area contributed by atoms with Crippen LogP contribution in [0.2, 0.25) is 0 Å². The molecule has 8 nitrogen and oxygen atoms in total. The highest BCUT2D eigenvalue weighted by Crippen LogP contribution is 2.30. The summed E-state index contributed by atoms with van der Waals surface area (Å²) in [6, 6.07) is 25.8. The fourth-order valence-corrected chi connectivity index (χ4v) is 4.67. The SMILES string of the molecule is COc1ccc2cc(CC(=O)NC3N=C(c4ccccc4)c4ccccc4-n4c(C)nnc43)[nH]c2c1. The molecule has 3 heterocycles. The molecule has 1 aliphatic rings. The van der Waals surface area contributed by atoms with Gasteiger partial charge in [0.05, 0.1) is 24.9 Å². The van der Waals surface area contributed by atoms with Crippen molar-refractivity contribution in [1.29, 1.82) is 0 Å². The molecule has 0 bridgehead atoms. The van der Waals surface area contributed by atoms with Crippen LogP contribution < -0.4 is 10.1 Å². The van der Waals surface area contributed by atoms with E-state index in [2.05, 4.69) is 20.5 Å². The maximum atomic E-state index is 13.2.